The Hall–Kier alpha value is -3.79. The minimum Gasteiger partial charge on any atom is -0.376 e. The van der Waals surface area contributed by atoms with E-state index >= 15 is 0 Å². The van der Waals surface area contributed by atoms with Crippen LogP contribution >= 0.6 is 0 Å². The number of nitrogens with two attached hydrogens (primary N) is 1. The van der Waals surface area contributed by atoms with E-state index in [2.05, 4.69) is 0 Å². The highest BCUT2D eigenvalue weighted by Gasteiger charge is 2.59. The van der Waals surface area contributed by atoms with Crippen LogP contribution in [0.15, 0.2) is 54.6 Å². The molecular weight excluding hydrogens is 491 g/mol. The average Bonchev–Trinajstić information content (AvgIpc) is 3.08. The van der Waals surface area contributed by atoms with Gasteiger partial charge < -0.3 is 20.3 Å². The van der Waals surface area contributed by atoms with Crippen LogP contribution in [0.2, 0.25) is 0 Å². The van der Waals surface area contributed by atoms with Crippen molar-refractivity contribution in [3.8, 4) is 0 Å². The number of rotatable bonds is 9. The summed E-state index contributed by atoms with van der Waals surface area (Å²) in [5.74, 6) is -2.79. The second-order valence-corrected chi connectivity index (χ2v) is 10.5. The highest BCUT2D eigenvalue weighted by molar-refractivity contribution is 6.07. The van der Waals surface area contributed by atoms with Gasteiger partial charge in [0, 0.05) is 26.6 Å². The third kappa shape index (κ3) is 5.00. The van der Waals surface area contributed by atoms with E-state index in [-0.39, 0.29) is 45.2 Å². The van der Waals surface area contributed by atoms with Crippen molar-refractivity contribution in [2.45, 2.75) is 32.4 Å². The molecule has 2 heterocycles. The quantitative estimate of drug-likeness (QED) is 0.506. The number of amides is 5. The van der Waals surface area contributed by atoms with Gasteiger partial charge in [0.2, 0.25) is 11.8 Å². The number of hydrogen-bond acceptors (Lipinski definition) is 5. The zero-order valence-electron chi connectivity index (χ0n) is 21.9. The number of ether oxygens (including phenoxy) is 1. The van der Waals surface area contributed by atoms with Crippen LogP contribution in [-0.2, 0) is 32.1 Å². The molecule has 0 radical (unpaired) electrons. The Morgan fingerprint density at radius 2 is 1.71 bits per heavy atom. The fourth-order valence-electron chi connectivity index (χ4n) is 5.16. The minimum atomic E-state index is -1.34. The minimum absolute atomic E-state index is 0.0539. The lowest BCUT2D eigenvalue weighted by atomic mass is 9.77. The molecule has 0 aromatic heterocycles. The van der Waals surface area contributed by atoms with Crippen molar-refractivity contribution in [3.63, 3.8) is 0 Å². The van der Waals surface area contributed by atoms with Crippen LogP contribution in [-0.4, -0.2) is 77.3 Å². The predicted molar refractivity (Wildman–Crippen MR) is 137 cm³/mol. The molecule has 0 aliphatic carbocycles. The summed E-state index contributed by atoms with van der Waals surface area (Å²) in [4.78, 5) is 56.8. The largest absolute Gasteiger partial charge is 0.376 e. The smallest absolute Gasteiger partial charge is 0.327 e. The molecule has 2 atom stereocenters. The van der Waals surface area contributed by atoms with Crippen LogP contribution in [0, 0.1) is 17.2 Å². The number of carbonyl (C=O) groups excluding carboxylic acids is 4. The van der Waals surface area contributed by atoms with E-state index in [0.717, 1.165) is 10.5 Å². The molecule has 0 bridgehead atoms. The predicted octanol–water partition coefficient (Wildman–Crippen LogP) is 2.19. The van der Waals surface area contributed by atoms with E-state index in [1.165, 1.54) is 29.0 Å². The SMILES string of the molecule is CN1C(=O)N2CCN(C(=O)[C@@H](COCc3ccccc3)C(C)(C)C(N)=O)C[C@@]2(Cc2ccc(F)cc2)C1=O. The molecule has 5 amide bonds. The highest BCUT2D eigenvalue weighted by atomic mass is 19.1. The fourth-order valence-corrected chi connectivity index (χ4v) is 5.16. The molecule has 4 rings (SSSR count). The van der Waals surface area contributed by atoms with Crippen molar-refractivity contribution in [1.82, 2.24) is 14.7 Å². The monoisotopic (exact) mass is 524 g/mol. The molecule has 38 heavy (non-hydrogen) atoms. The second kappa shape index (κ2) is 10.5. The van der Waals surface area contributed by atoms with Gasteiger partial charge in [-0.3, -0.25) is 19.3 Å². The first-order valence-electron chi connectivity index (χ1n) is 12.5. The van der Waals surface area contributed by atoms with Crippen LogP contribution in [0.4, 0.5) is 9.18 Å². The molecule has 2 aliphatic heterocycles. The number of likely N-dealkylation sites (N-methyl/N-ethyl adjacent to an activating group) is 1. The zero-order chi connectivity index (χ0) is 27.7. The van der Waals surface area contributed by atoms with Crippen molar-refractivity contribution in [2.75, 3.05) is 33.3 Å². The van der Waals surface area contributed by atoms with Crippen LogP contribution in [0.5, 0.6) is 0 Å². The first-order chi connectivity index (χ1) is 18.0. The number of piperazine rings is 1. The average molecular weight is 525 g/mol. The van der Waals surface area contributed by atoms with E-state index in [4.69, 9.17) is 10.5 Å². The maximum Gasteiger partial charge on any atom is 0.327 e. The number of nitrogens with zero attached hydrogens (tertiary/aromatic N) is 3. The van der Waals surface area contributed by atoms with Crippen LogP contribution in [0.25, 0.3) is 0 Å². The Balaban J connectivity index is 1.60. The number of carbonyl (C=O) groups is 4. The summed E-state index contributed by atoms with van der Waals surface area (Å²) in [5.41, 5.74) is 4.69. The number of hydrogen-bond donors (Lipinski definition) is 1. The standard InChI is InChI=1S/C28H33FN4O5/c1-27(2,24(30)35)22(17-38-16-20-7-5-4-6-8-20)23(34)32-13-14-33-26(37)31(3)25(36)28(33,18-32)15-19-9-11-21(29)12-10-19/h4-12,22H,13-18H2,1-3H3,(H2,30,35)/t22-,28+/m1/s1. The lowest BCUT2D eigenvalue weighted by Crippen LogP contribution is -2.66. The van der Waals surface area contributed by atoms with Crippen molar-refractivity contribution in [1.29, 1.82) is 0 Å². The summed E-state index contributed by atoms with van der Waals surface area (Å²) < 4.78 is 19.4. The third-order valence-corrected chi connectivity index (χ3v) is 7.71. The Morgan fingerprint density at radius 3 is 2.34 bits per heavy atom. The summed E-state index contributed by atoms with van der Waals surface area (Å²) >= 11 is 0. The second-order valence-electron chi connectivity index (χ2n) is 10.5. The summed E-state index contributed by atoms with van der Waals surface area (Å²) in [6.07, 6.45) is 0.111. The summed E-state index contributed by atoms with van der Waals surface area (Å²) in [6.45, 7) is 3.65. The molecule has 2 fully saturated rings. The van der Waals surface area contributed by atoms with Crippen molar-refractivity contribution < 1.29 is 28.3 Å². The molecule has 0 unspecified atom stereocenters. The van der Waals surface area contributed by atoms with E-state index in [1.807, 2.05) is 30.3 Å². The molecule has 9 nitrogen and oxygen atoms in total. The number of urea groups is 1. The lowest BCUT2D eigenvalue weighted by Gasteiger charge is -2.46. The van der Waals surface area contributed by atoms with Gasteiger partial charge in [0.25, 0.3) is 5.91 Å². The molecule has 0 spiro atoms. The van der Waals surface area contributed by atoms with Crippen molar-refractivity contribution in [2.24, 2.45) is 17.1 Å². The Kier molecular flexibility index (Phi) is 7.55. The van der Waals surface area contributed by atoms with Crippen LogP contribution < -0.4 is 5.73 Å². The fraction of sp³-hybridized carbons (Fsp3) is 0.429. The topological polar surface area (TPSA) is 113 Å². The van der Waals surface area contributed by atoms with Gasteiger partial charge in [-0.15, -0.1) is 0 Å². The molecule has 0 saturated carbocycles. The number of primary amides is 1. The first kappa shape index (κ1) is 27.3. The Labute approximate surface area is 221 Å². The molecule has 2 aliphatic rings. The van der Waals surface area contributed by atoms with Gasteiger partial charge >= 0.3 is 6.03 Å². The van der Waals surface area contributed by atoms with Gasteiger partial charge in [-0.05, 0) is 23.3 Å². The van der Waals surface area contributed by atoms with Gasteiger partial charge in [-0.25, -0.2) is 9.18 Å². The van der Waals surface area contributed by atoms with Gasteiger partial charge in [0.15, 0.2) is 0 Å². The van der Waals surface area contributed by atoms with Crippen molar-refractivity contribution >= 4 is 23.8 Å². The maximum atomic E-state index is 13.9. The molecule has 2 aromatic carbocycles. The molecule has 202 valence electrons. The third-order valence-electron chi connectivity index (χ3n) is 7.71. The van der Waals surface area contributed by atoms with Gasteiger partial charge in [0.1, 0.15) is 11.4 Å². The van der Waals surface area contributed by atoms with Gasteiger partial charge in [-0.1, -0.05) is 56.3 Å². The van der Waals surface area contributed by atoms with Crippen LogP contribution in [0.3, 0.4) is 0 Å². The summed E-state index contributed by atoms with van der Waals surface area (Å²) in [6, 6.07) is 14.7. The molecule has 10 heteroatoms. The number of halogens is 1. The molecule has 2 N–H and O–H groups in total. The van der Waals surface area contributed by atoms with Crippen LogP contribution in [0.1, 0.15) is 25.0 Å². The zero-order valence-corrected chi connectivity index (χ0v) is 21.9. The molecular formula is C28H33FN4O5. The Bertz CT molecular complexity index is 1220. The molecule has 2 saturated heterocycles. The summed E-state index contributed by atoms with van der Waals surface area (Å²) in [5, 5.41) is 0. The van der Waals surface area contributed by atoms with Gasteiger partial charge in [0.05, 0.1) is 31.1 Å². The molecule has 2 aromatic rings. The first-order valence-corrected chi connectivity index (χ1v) is 12.5. The van der Waals surface area contributed by atoms with E-state index in [0.29, 0.717) is 5.56 Å². The Morgan fingerprint density at radius 1 is 1.05 bits per heavy atom. The van der Waals surface area contributed by atoms with Crippen molar-refractivity contribution in [3.05, 3.63) is 71.5 Å². The number of benzene rings is 2. The van der Waals surface area contributed by atoms with E-state index in [1.54, 1.807) is 26.0 Å². The summed E-state index contributed by atoms with van der Waals surface area (Å²) in [7, 11) is 1.41. The maximum absolute atomic E-state index is 13.9. The highest BCUT2D eigenvalue weighted by Crippen LogP contribution is 2.37. The lowest BCUT2D eigenvalue weighted by molar-refractivity contribution is -0.153. The van der Waals surface area contributed by atoms with E-state index in [9.17, 15) is 23.6 Å². The van der Waals surface area contributed by atoms with Gasteiger partial charge in [-0.2, -0.15) is 0 Å². The normalized spacial score (nSPS) is 20.5. The number of fused-ring (bicyclic) bond motifs is 1. The van der Waals surface area contributed by atoms with E-state index < -0.39 is 40.5 Å². The number of imide groups is 1.